The molecule has 2 rings (SSSR count). The molecule has 5 heteroatoms. The van der Waals surface area contributed by atoms with Crippen LogP contribution in [0.15, 0.2) is 36.5 Å². The van der Waals surface area contributed by atoms with Crippen molar-refractivity contribution >= 4 is 11.6 Å². The van der Waals surface area contributed by atoms with Crippen LogP contribution in [0.4, 0.5) is 4.39 Å². The topological polar surface area (TPSA) is 34.2 Å². The van der Waals surface area contributed by atoms with Gasteiger partial charge in [0, 0.05) is 23.3 Å². The number of nitrogens with one attached hydrogen (secondary N) is 1. The van der Waals surface area contributed by atoms with E-state index in [1.165, 1.54) is 0 Å². The van der Waals surface area contributed by atoms with Crippen molar-refractivity contribution in [1.82, 2.24) is 10.3 Å². The quantitative estimate of drug-likeness (QED) is 0.786. The summed E-state index contributed by atoms with van der Waals surface area (Å²) in [5.74, 6) is -0.379. The number of halogens is 2. The lowest BCUT2D eigenvalue weighted by atomic mass is 10.2. The van der Waals surface area contributed by atoms with Crippen molar-refractivity contribution in [2.45, 2.75) is 26.5 Å². The van der Waals surface area contributed by atoms with Crippen LogP contribution in [-0.4, -0.2) is 11.5 Å². The van der Waals surface area contributed by atoms with E-state index in [0.717, 1.165) is 18.5 Å². The summed E-state index contributed by atoms with van der Waals surface area (Å²) in [4.78, 5) is 3.95. The number of nitrogens with zero attached hydrogens (tertiary/aromatic N) is 1. The Labute approximate surface area is 129 Å². The van der Waals surface area contributed by atoms with Gasteiger partial charge in [-0.05, 0) is 36.7 Å². The molecule has 1 aromatic carbocycles. The summed E-state index contributed by atoms with van der Waals surface area (Å²) in [6, 6.07) is 8.89. The van der Waals surface area contributed by atoms with E-state index >= 15 is 0 Å². The molecule has 0 saturated carbocycles. The van der Waals surface area contributed by atoms with Gasteiger partial charge < -0.3 is 10.1 Å². The van der Waals surface area contributed by atoms with Crippen molar-refractivity contribution in [2.24, 2.45) is 0 Å². The van der Waals surface area contributed by atoms with E-state index in [1.807, 2.05) is 12.1 Å². The average molecular weight is 309 g/mol. The van der Waals surface area contributed by atoms with E-state index in [0.29, 0.717) is 17.1 Å². The third-order valence-electron chi connectivity index (χ3n) is 2.97. The van der Waals surface area contributed by atoms with Crippen LogP contribution in [0.1, 0.15) is 24.5 Å². The first-order chi connectivity index (χ1) is 10.2. The summed E-state index contributed by atoms with van der Waals surface area (Å²) in [7, 11) is 0. The minimum Gasteiger partial charge on any atom is -0.471 e. The van der Waals surface area contributed by atoms with Crippen molar-refractivity contribution in [3.05, 3.63) is 58.5 Å². The molecule has 0 aliphatic heterocycles. The van der Waals surface area contributed by atoms with Gasteiger partial charge in [-0.2, -0.15) is 0 Å². The summed E-state index contributed by atoms with van der Waals surface area (Å²) in [6.45, 7) is 3.64. The van der Waals surface area contributed by atoms with Gasteiger partial charge in [0.1, 0.15) is 6.61 Å². The van der Waals surface area contributed by atoms with Gasteiger partial charge in [-0.1, -0.05) is 30.7 Å². The van der Waals surface area contributed by atoms with E-state index in [-0.39, 0.29) is 12.5 Å². The Hall–Kier alpha value is -1.65. The molecule has 3 nitrogen and oxygen atoms in total. The van der Waals surface area contributed by atoms with Gasteiger partial charge in [0.05, 0.1) is 0 Å². The van der Waals surface area contributed by atoms with Gasteiger partial charge in [0.2, 0.25) is 0 Å². The van der Waals surface area contributed by atoms with Crippen LogP contribution in [0.5, 0.6) is 5.88 Å². The van der Waals surface area contributed by atoms with Crippen molar-refractivity contribution < 1.29 is 9.13 Å². The molecule has 0 saturated heterocycles. The van der Waals surface area contributed by atoms with Gasteiger partial charge >= 0.3 is 0 Å². The lowest BCUT2D eigenvalue weighted by Gasteiger charge is -2.10. The molecular weight excluding hydrogens is 291 g/mol. The summed E-state index contributed by atoms with van der Waals surface area (Å²) in [5.41, 5.74) is 1.47. The number of benzene rings is 1. The molecule has 0 fully saturated rings. The van der Waals surface area contributed by atoms with Crippen LogP contribution in [-0.2, 0) is 13.2 Å². The van der Waals surface area contributed by atoms with Crippen LogP contribution in [0, 0.1) is 5.82 Å². The lowest BCUT2D eigenvalue weighted by molar-refractivity contribution is 0.276. The van der Waals surface area contributed by atoms with E-state index in [4.69, 9.17) is 16.3 Å². The fourth-order valence-corrected chi connectivity index (χ4v) is 1.96. The predicted octanol–water partition coefficient (Wildman–Crippen LogP) is 3.95. The third kappa shape index (κ3) is 4.69. The highest BCUT2D eigenvalue weighted by molar-refractivity contribution is 6.30. The largest absolute Gasteiger partial charge is 0.471 e. The Bertz CT molecular complexity index is 575. The molecule has 2 aromatic rings. The molecule has 0 amide bonds. The molecule has 0 bridgehead atoms. The Balaban J connectivity index is 1.99. The Morgan fingerprint density at radius 1 is 1.24 bits per heavy atom. The molecule has 112 valence electrons. The lowest BCUT2D eigenvalue weighted by Crippen LogP contribution is -2.15. The average Bonchev–Trinajstić information content (AvgIpc) is 2.49. The van der Waals surface area contributed by atoms with Gasteiger partial charge in [0.15, 0.2) is 5.82 Å². The molecule has 0 unspecified atom stereocenters. The molecule has 0 aliphatic carbocycles. The summed E-state index contributed by atoms with van der Waals surface area (Å²) < 4.78 is 19.7. The van der Waals surface area contributed by atoms with Crippen LogP contribution in [0.25, 0.3) is 0 Å². The zero-order valence-corrected chi connectivity index (χ0v) is 12.7. The Kier molecular flexibility index (Phi) is 5.96. The number of pyridine rings is 1. The van der Waals surface area contributed by atoms with Crippen molar-refractivity contribution in [2.75, 3.05) is 6.54 Å². The normalized spacial score (nSPS) is 10.6. The number of rotatable bonds is 7. The molecule has 21 heavy (non-hydrogen) atoms. The van der Waals surface area contributed by atoms with E-state index in [2.05, 4.69) is 17.2 Å². The van der Waals surface area contributed by atoms with Crippen molar-refractivity contribution in [3.8, 4) is 5.88 Å². The molecular formula is C16H18ClFN2O. The van der Waals surface area contributed by atoms with Crippen molar-refractivity contribution in [3.63, 3.8) is 0 Å². The zero-order valence-electron chi connectivity index (χ0n) is 11.9. The van der Waals surface area contributed by atoms with Crippen LogP contribution in [0.2, 0.25) is 5.02 Å². The maximum Gasteiger partial charge on any atom is 0.251 e. The molecule has 0 atom stereocenters. The molecule has 0 spiro atoms. The van der Waals surface area contributed by atoms with Crippen LogP contribution >= 0.6 is 11.6 Å². The van der Waals surface area contributed by atoms with Crippen molar-refractivity contribution in [1.29, 1.82) is 0 Å². The predicted molar refractivity (Wildman–Crippen MR) is 82.0 cm³/mol. The molecule has 1 heterocycles. The number of ether oxygens (including phenoxy) is 1. The van der Waals surface area contributed by atoms with Gasteiger partial charge in [-0.15, -0.1) is 0 Å². The first-order valence-electron chi connectivity index (χ1n) is 6.92. The van der Waals surface area contributed by atoms with E-state index in [9.17, 15) is 4.39 Å². The first kappa shape index (κ1) is 15.7. The number of hydrogen-bond acceptors (Lipinski definition) is 3. The molecule has 0 radical (unpaired) electrons. The maximum absolute atomic E-state index is 14.2. The highest BCUT2D eigenvalue weighted by atomic mass is 35.5. The molecule has 1 N–H and O–H groups in total. The smallest absolute Gasteiger partial charge is 0.251 e. The second kappa shape index (κ2) is 7.96. The minimum atomic E-state index is -0.407. The SMILES string of the molecule is CCCNCc1ccnc(OCc2ccc(Cl)cc2)c1F. The van der Waals surface area contributed by atoms with E-state index < -0.39 is 5.82 Å². The summed E-state index contributed by atoms with van der Waals surface area (Å²) in [5, 5.41) is 3.82. The number of aromatic nitrogens is 1. The fourth-order valence-electron chi connectivity index (χ4n) is 1.83. The Morgan fingerprint density at radius 3 is 2.71 bits per heavy atom. The second-order valence-corrected chi connectivity index (χ2v) is 5.12. The maximum atomic E-state index is 14.2. The minimum absolute atomic E-state index is 0.0285. The molecule has 1 aromatic heterocycles. The fraction of sp³-hybridized carbons (Fsp3) is 0.312. The van der Waals surface area contributed by atoms with Gasteiger partial charge in [-0.3, -0.25) is 0 Å². The van der Waals surface area contributed by atoms with Crippen LogP contribution in [0.3, 0.4) is 0 Å². The Morgan fingerprint density at radius 2 is 2.00 bits per heavy atom. The van der Waals surface area contributed by atoms with Gasteiger partial charge in [0.25, 0.3) is 5.88 Å². The monoisotopic (exact) mass is 308 g/mol. The molecule has 0 aliphatic rings. The summed E-state index contributed by atoms with van der Waals surface area (Å²) >= 11 is 5.82. The zero-order chi connectivity index (χ0) is 15.1. The summed E-state index contributed by atoms with van der Waals surface area (Å²) in [6.07, 6.45) is 2.57. The number of hydrogen-bond donors (Lipinski definition) is 1. The second-order valence-electron chi connectivity index (χ2n) is 4.68. The van der Waals surface area contributed by atoms with Crippen LogP contribution < -0.4 is 10.1 Å². The first-order valence-corrected chi connectivity index (χ1v) is 7.30. The standard InChI is InChI=1S/C16H18ClFN2O/c1-2-8-19-10-13-7-9-20-16(15(13)18)21-11-12-3-5-14(17)6-4-12/h3-7,9,19H,2,8,10-11H2,1H3. The van der Waals surface area contributed by atoms with Gasteiger partial charge in [-0.25, -0.2) is 9.37 Å². The highest BCUT2D eigenvalue weighted by Gasteiger charge is 2.10. The van der Waals surface area contributed by atoms with E-state index in [1.54, 1.807) is 24.4 Å². The highest BCUT2D eigenvalue weighted by Crippen LogP contribution is 2.19. The third-order valence-corrected chi connectivity index (χ3v) is 3.22.